The van der Waals surface area contributed by atoms with Crippen LogP contribution in [0.15, 0.2) is 93.9 Å². The smallest absolute Gasteiger partial charge is 0.0181 e. The van der Waals surface area contributed by atoms with Gasteiger partial charge in [0, 0.05) is 8.95 Å². The Morgan fingerprint density at radius 3 is 1.46 bits per heavy atom. The summed E-state index contributed by atoms with van der Waals surface area (Å²) < 4.78 is 2.19. The first-order chi connectivity index (χ1) is 11.5. The van der Waals surface area contributed by atoms with Crippen LogP contribution in [0.3, 0.4) is 0 Å². The average molecular weight is 442 g/mol. The number of benzene rings is 2. The van der Waals surface area contributed by atoms with Crippen molar-refractivity contribution in [2.75, 3.05) is 0 Å². The molecule has 120 valence electrons. The third-order valence-electron chi connectivity index (χ3n) is 4.16. The zero-order valence-electron chi connectivity index (χ0n) is 13.4. The number of hydrogen-bond donors (Lipinski definition) is 0. The quantitative estimate of drug-likeness (QED) is 0.450. The molecule has 0 heterocycles. The van der Waals surface area contributed by atoms with Crippen molar-refractivity contribution in [1.82, 2.24) is 0 Å². The highest BCUT2D eigenvalue weighted by Crippen LogP contribution is 2.34. The molecule has 0 aromatic heterocycles. The van der Waals surface area contributed by atoms with Crippen LogP contribution in [0, 0.1) is 0 Å². The van der Waals surface area contributed by atoms with Gasteiger partial charge in [0.2, 0.25) is 0 Å². The van der Waals surface area contributed by atoms with Crippen molar-refractivity contribution in [3.63, 3.8) is 0 Å². The van der Waals surface area contributed by atoms with Gasteiger partial charge in [0.25, 0.3) is 0 Å². The lowest BCUT2D eigenvalue weighted by atomic mass is 9.88. The van der Waals surface area contributed by atoms with Crippen LogP contribution in [0.2, 0.25) is 0 Å². The fourth-order valence-electron chi connectivity index (χ4n) is 2.85. The van der Waals surface area contributed by atoms with Gasteiger partial charge in [-0.15, -0.1) is 0 Å². The minimum atomic E-state index is 0.970. The minimum absolute atomic E-state index is 0.970. The van der Waals surface area contributed by atoms with Gasteiger partial charge in [0.15, 0.2) is 0 Å². The van der Waals surface area contributed by atoms with E-state index in [0.29, 0.717) is 0 Å². The lowest BCUT2D eigenvalue weighted by Gasteiger charge is -2.17. The van der Waals surface area contributed by atoms with Gasteiger partial charge >= 0.3 is 0 Å². The average Bonchev–Trinajstić information content (AvgIpc) is 2.55. The van der Waals surface area contributed by atoms with E-state index < -0.39 is 0 Å². The topological polar surface area (TPSA) is 0 Å². The van der Waals surface area contributed by atoms with E-state index in [9.17, 15) is 0 Å². The highest BCUT2D eigenvalue weighted by molar-refractivity contribution is 9.10. The number of rotatable bonds is 2. The fourth-order valence-corrected chi connectivity index (χ4v) is 3.65. The molecule has 0 atom stereocenters. The second-order valence-electron chi connectivity index (χ2n) is 5.91. The zero-order valence-corrected chi connectivity index (χ0v) is 16.5. The molecule has 0 radical (unpaired) electrons. The number of hydrogen-bond acceptors (Lipinski definition) is 0. The largest absolute Gasteiger partial charge is 0.0912 e. The van der Waals surface area contributed by atoms with Crippen molar-refractivity contribution in [2.24, 2.45) is 0 Å². The molecule has 1 aliphatic rings. The van der Waals surface area contributed by atoms with E-state index in [0.717, 1.165) is 32.9 Å². The Hall–Kier alpha value is -1.64. The maximum absolute atomic E-state index is 4.20. The van der Waals surface area contributed by atoms with Gasteiger partial charge in [-0.05, 0) is 70.5 Å². The summed E-state index contributed by atoms with van der Waals surface area (Å²) in [6, 6.07) is 16.9. The molecule has 2 aromatic carbocycles. The van der Waals surface area contributed by atoms with Crippen molar-refractivity contribution in [3.8, 4) is 0 Å². The zero-order chi connectivity index (χ0) is 17.1. The molecule has 0 saturated carbocycles. The number of allylic oxidation sites excluding steroid dienone is 6. The molecular formula is C22H18Br2. The van der Waals surface area contributed by atoms with E-state index in [1.807, 2.05) is 12.1 Å². The van der Waals surface area contributed by atoms with Gasteiger partial charge in [0.1, 0.15) is 0 Å². The van der Waals surface area contributed by atoms with Crippen molar-refractivity contribution in [2.45, 2.75) is 12.8 Å². The van der Waals surface area contributed by atoms with E-state index in [1.165, 1.54) is 22.3 Å². The monoisotopic (exact) mass is 440 g/mol. The molecule has 1 aliphatic carbocycles. The summed E-state index contributed by atoms with van der Waals surface area (Å²) in [5.74, 6) is 0. The first-order valence-electron chi connectivity index (χ1n) is 7.84. The SMILES string of the molecule is C=C1/C=C(/c2cccc(Br)c2)CC/C(c2cccc(Br)c2)=C\C1=C. The van der Waals surface area contributed by atoms with Crippen molar-refractivity contribution in [1.29, 1.82) is 0 Å². The molecule has 0 unspecified atom stereocenters. The Bertz CT molecular complexity index is 796. The van der Waals surface area contributed by atoms with E-state index >= 15 is 0 Å². The fraction of sp³-hybridized carbons (Fsp3) is 0.0909. The van der Waals surface area contributed by atoms with E-state index in [-0.39, 0.29) is 0 Å². The van der Waals surface area contributed by atoms with Gasteiger partial charge < -0.3 is 0 Å². The summed E-state index contributed by atoms with van der Waals surface area (Å²) in [4.78, 5) is 0. The Morgan fingerprint density at radius 2 is 1.08 bits per heavy atom. The van der Waals surface area contributed by atoms with Gasteiger partial charge in [0.05, 0.1) is 0 Å². The molecule has 0 amide bonds. The standard InChI is InChI=1S/C22H18Br2/c1-15-11-19(17-5-3-7-21(23)13-17)9-10-20(12-16(15)2)18-6-4-8-22(24)14-18/h3-8,11-14H,1-2,9-10H2/b19-11+,20-12+. The maximum Gasteiger partial charge on any atom is 0.0181 e. The van der Waals surface area contributed by atoms with Crippen LogP contribution in [-0.2, 0) is 0 Å². The Balaban J connectivity index is 1.97. The summed E-state index contributed by atoms with van der Waals surface area (Å²) in [6.45, 7) is 8.40. The number of halogens is 2. The van der Waals surface area contributed by atoms with Crippen LogP contribution >= 0.6 is 31.9 Å². The third-order valence-corrected chi connectivity index (χ3v) is 5.15. The van der Waals surface area contributed by atoms with Gasteiger partial charge in [-0.2, -0.15) is 0 Å². The lowest BCUT2D eigenvalue weighted by Crippen LogP contribution is -1.95. The molecule has 24 heavy (non-hydrogen) atoms. The molecule has 0 bridgehead atoms. The van der Waals surface area contributed by atoms with E-state index in [4.69, 9.17) is 0 Å². The van der Waals surface area contributed by atoms with Crippen LogP contribution in [0.1, 0.15) is 24.0 Å². The molecule has 0 saturated heterocycles. The molecule has 0 aliphatic heterocycles. The highest BCUT2D eigenvalue weighted by atomic mass is 79.9. The van der Waals surface area contributed by atoms with Crippen LogP contribution < -0.4 is 0 Å². The predicted octanol–water partition coefficient (Wildman–Crippen LogP) is 7.58. The van der Waals surface area contributed by atoms with Crippen LogP contribution in [-0.4, -0.2) is 0 Å². The second-order valence-corrected chi connectivity index (χ2v) is 7.74. The Morgan fingerprint density at radius 1 is 0.667 bits per heavy atom. The Labute approximate surface area is 160 Å². The van der Waals surface area contributed by atoms with Gasteiger partial charge in [-0.1, -0.05) is 81.4 Å². The molecule has 2 aromatic rings. The first kappa shape index (κ1) is 17.2. The van der Waals surface area contributed by atoms with Crippen LogP contribution in [0.4, 0.5) is 0 Å². The molecule has 0 nitrogen and oxygen atoms in total. The molecule has 2 heteroatoms. The molecule has 0 fully saturated rings. The maximum atomic E-state index is 4.20. The van der Waals surface area contributed by atoms with E-state index in [1.54, 1.807) is 0 Å². The highest BCUT2D eigenvalue weighted by Gasteiger charge is 2.12. The van der Waals surface area contributed by atoms with Crippen molar-refractivity contribution in [3.05, 3.63) is 105 Å². The lowest BCUT2D eigenvalue weighted by molar-refractivity contribution is 1.08. The van der Waals surface area contributed by atoms with Gasteiger partial charge in [-0.3, -0.25) is 0 Å². The predicted molar refractivity (Wildman–Crippen MR) is 112 cm³/mol. The van der Waals surface area contributed by atoms with Crippen LogP contribution in [0.5, 0.6) is 0 Å². The van der Waals surface area contributed by atoms with Gasteiger partial charge in [-0.25, -0.2) is 0 Å². The summed E-state index contributed by atoms with van der Waals surface area (Å²) in [7, 11) is 0. The van der Waals surface area contributed by atoms with Crippen molar-refractivity contribution >= 4 is 43.0 Å². The molecule has 0 N–H and O–H groups in total. The normalized spacial score (nSPS) is 19.8. The summed E-state index contributed by atoms with van der Waals surface area (Å²) in [6.07, 6.45) is 6.28. The molecule has 0 spiro atoms. The Kier molecular flexibility index (Phi) is 5.37. The molecule has 3 rings (SSSR count). The summed E-state index contributed by atoms with van der Waals surface area (Å²) in [5.41, 5.74) is 6.99. The summed E-state index contributed by atoms with van der Waals surface area (Å²) >= 11 is 7.13. The van der Waals surface area contributed by atoms with Crippen LogP contribution in [0.25, 0.3) is 11.1 Å². The first-order valence-corrected chi connectivity index (χ1v) is 9.43. The minimum Gasteiger partial charge on any atom is -0.0912 e. The van der Waals surface area contributed by atoms with Crippen molar-refractivity contribution < 1.29 is 0 Å². The second kappa shape index (κ2) is 7.50. The molecular weight excluding hydrogens is 424 g/mol. The van der Waals surface area contributed by atoms with E-state index in [2.05, 4.69) is 93.6 Å². The summed E-state index contributed by atoms with van der Waals surface area (Å²) in [5, 5.41) is 0. The third kappa shape index (κ3) is 4.06.